The Morgan fingerprint density at radius 2 is 2.08 bits per heavy atom. The highest BCUT2D eigenvalue weighted by Gasteiger charge is 2.19. The summed E-state index contributed by atoms with van der Waals surface area (Å²) in [6, 6.07) is 4.08. The number of hydrogen-bond donors (Lipinski definition) is 1. The third kappa shape index (κ3) is 3.74. The molecule has 24 heavy (non-hydrogen) atoms. The first-order valence-electron chi connectivity index (χ1n) is 7.04. The minimum Gasteiger partial charge on any atom is -0.462 e. The first-order valence-corrected chi connectivity index (χ1v) is 7.86. The van der Waals surface area contributed by atoms with Crippen LogP contribution in [0.15, 0.2) is 18.2 Å². The fraction of sp³-hybridized carbons (Fsp3) is 0.267. The summed E-state index contributed by atoms with van der Waals surface area (Å²) < 4.78 is 4.92. The second-order valence-electron chi connectivity index (χ2n) is 4.87. The molecule has 0 radical (unpaired) electrons. The van der Waals surface area contributed by atoms with E-state index >= 15 is 0 Å². The Hall–Kier alpha value is -2.81. The number of amides is 1. The van der Waals surface area contributed by atoms with Crippen molar-refractivity contribution >= 4 is 34.0 Å². The number of rotatable bonds is 5. The van der Waals surface area contributed by atoms with Crippen LogP contribution in [0.4, 0.5) is 10.8 Å². The van der Waals surface area contributed by atoms with Crippen LogP contribution >= 0.6 is 11.3 Å². The number of carbonyl (C=O) groups is 2. The molecule has 0 aliphatic heterocycles. The van der Waals surface area contributed by atoms with Gasteiger partial charge in [0.2, 0.25) is 0 Å². The van der Waals surface area contributed by atoms with E-state index in [9.17, 15) is 19.7 Å². The fourth-order valence-corrected chi connectivity index (χ4v) is 2.86. The van der Waals surface area contributed by atoms with E-state index in [4.69, 9.17) is 4.74 Å². The molecule has 0 aliphatic rings. The molecule has 9 heteroatoms. The van der Waals surface area contributed by atoms with Crippen molar-refractivity contribution in [2.75, 3.05) is 11.9 Å². The van der Waals surface area contributed by atoms with Gasteiger partial charge < -0.3 is 4.74 Å². The lowest BCUT2D eigenvalue weighted by Crippen LogP contribution is -2.12. The van der Waals surface area contributed by atoms with E-state index in [1.165, 1.54) is 18.2 Å². The second kappa shape index (κ2) is 7.18. The Morgan fingerprint density at radius 3 is 2.67 bits per heavy atom. The van der Waals surface area contributed by atoms with Gasteiger partial charge in [0.25, 0.3) is 11.6 Å². The van der Waals surface area contributed by atoms with E-state index < -0.39 is 16.8 Å². The molecule has 0 unspecified atom stereocenters. The van der Waals surface area contributed by atoms with Gasteiger partial charge in [-0.3, -0.25) is 20.2 Å². The van der Waals surface area contributed by atoms with E-state index in [-0.39, 0.29) is 23.0 Å². The number of ether oxygens (including phenoxy) is 1. The normalized spacial score (nSPS) is 10.3. The molecule has 126 valence electrons. The highest BCUT2D eigenvalue weighted by Crippen LogP contribution is 2.25. The number of nitro benzene ring substituents is 1. The van der Waals surface area contributed by atoms with Crippen LogP contribution in [0.2, 0.25) is 0 Å². The molecule has 2 rings (SSSR count). The smallest absolute Gasteiger partial charge is 0.350 e. The Morgan fingerprint density at radius 1 is 1.38 bits per heavy atom. The van der Waals surface area contributed by atoms with Crippen molar-refractivity contribution in [3.8, 4) is 0 Å². The maximum atomic E-state index is 12.2. The van der Waals surface area contributed by atoms with Gasteiger partial charge in [0.05, 0.1) is 17.2 Å². The molecule has 0 atom stereocenters. The third-order valence-corrected chi connectivity index (χ3v) is 4.19. The molecule has 0 aliphatic carbocycles. The molecule has 0 saturated heterocycles. The molecule has 1 N–H and O–H groups in total. The number of nitrogens with zero attached hydrogens (tertiary/aromatic N) is 2. The van der Waals surface area contributed by atoms with Crippen LogP contribution in [0, 0.1) is 24.0 Å². The van der Waals surface area contributed by atoms with Crippen molar-refractivity contribution in [3.63, 3.8) is 0 Å². The lowest BCUT2D eigenvalue weighted by molar-refractivity contribution is -0.385. The molecule has 0 spiro atoms. The zero-order valence-corrected chi connectivity index (χ0v) is 14.1. The zero-order valence-electron chi connectivity index (χ0n) is 13.3. The van der Waals surface area contributed by atoms with Crippen molar-refractivity contribution in [1.29, 1.82) is 0 Å². The van der Waals surface area contributed by atoms with Crippen molar-refractivity contribution in [2.24, 2.45) is 0 Å². The Kier molecular flexibility index (Phi) is 5.24. The maximum absolute atomic E-state index is 12.2. The number of esters is 1. The number of anilines is 1. The van der Waals surface area contributed by atoms with E-state index in [2.05, 4.69) is 10.3 Å². The van der Waals surface area contributed by atoms with E-state index in [0.29, 0.717) is 16.1 Å². The number of nitro groups is 1. The zero-order chi connectivity index (χ0) is 17.9. The number of thiazole rings is 1. The molecule has 8 nitrogen and oxygen atoms in total. The van der Waals surface area contributed by atoms with Gasteiger partial charge in [-0.25, -0.2) is 9.78 Å². The lowest BCUT2D eigenvalue weighted by Gasteiger charge is -2.03. The molecule has 2 aromatic rings. The van der Waals surface area contributed by atoms with Crippen LogP contribution in [0.5, 0.6) is 0 Å². The molecule has 0 bridgehead atoms. The van der Waals surface area contributed by atoms with Crippen LogP contribution in [0.3, 0.4) is 0 Å². The van der Waals surface area contributed by atoms with Crippen molar-refractivity contribution in [1.82, 2.24) is 4.98 Å². The van der Waals surface area contributed by atoms with Crippen molar-refractivity contribution in [3.05, 3.63) is 50.0 Å². The summed E-state index contributed by atoms with van der Waals surface area (Å²) >= 11 is 1.02. The van der Waals surface area contributed by atoms with Crippen molar-refractivity contribution in [2.45, 2.75) is 20.8 Å². The van der Waals surface area contributed by atoms with Crippen molar-refractivity contribution < 1.29 is 19.2 Å². The van der Waals surface area contributed by atoms with Gasteiger partial charge in [-0.15, -0.1) is 0 Å². The highest BCUT2D eigenvalue weighted by molar-refractivity contribution is 7.17. The van der Waals surface area contributed by atoms with E-state index in [0.717, 1.165) is 11.3 Å². The summed E-state index contributed by atoms with van der Waals surface area (Å²) in [4.78, 5) is 38.7. The largest absolute Gasteiger partial charge is 0.462 e. The first-order chi connectivity index (χ1) is 11.3. The van der Waals surface area contributed by atoms with Gasteiger partial charge in [0.1, 0.15) is 4.88 Å². The molecule has 0 fully saturated rings. The maximum Gasteiger partial charge on any atom is 0.350 e. The number of aryl methyl sites for hydroxylation is 2. The quantitative estimate of drug-likeness (QED) is 0.504. The number of aromatic nitrogens is 1. The molecule has 1 aromatic heterocycles. The fourth-order valence-electron chi connectivity index (χ4n) is 2.01. The minimum absolute atomic E-state index is 0.0544. The Labute approximate surface area is 141 Å². The van der Waals surface area contributed by atoms with E-state index in [1.807, 2.05) is 0 Å². The summed E-state index contributed by atoms with van der Waals surface area (Å²) in [6.45, 7) is 5.16. The highest BCUT2D eigenvalue weighted by atomic mass is 32.1. The van der Waals surface area contributed by atoms with Gasteiger partial charge in [-0.2, -0.15) is 0 Å². The molecule has 0 saturated carbocycles. The molecule has 1 amide bonds. The topological polar surface area (TPSA) is 111 Å². The summed E-state index contributed by atoms with van der Waals surface area (Å²) in [7, 11) is 0. The monoisotopic (exact) mass is 349 g/mol. The van der Waals surface area contributed by atoms with E-state index in [1.54, 1.807) is 20.8 Å². The summed E-state index contributed by atoms with van der Waals surface area (Å²) in [5.74, 6) is -0.948. The predicted molar refractivity (Wildman–Crippen MR) is 88.6 cm³/mol. The SMILES string of the molecule is CCOC(=O)c1sc(NC(=O)c2ccc([N+](=O)[O-])c(C)c2)nc1C. The number of nitrogens with one attached hydrogen (secondary N) is 1. The molecular weight excluding hydrogens is 334 g/mol. The Balaban J connectivity index is 2.18. The van der Waals surface area contributed by atoms with Crippen LogP contribution in [0.25, 0.3) is 0 Å². The lowest BCUT2D eigenvalue weighted by atomic mass is 10.1. The van der Waals surface area contributed by atoms with Crippen LogP contribution < -0.4 is 5.32 Å². The number of benzene rings is 1. The van der Waals surface area contributed by atoms with Crippen LogP contribution in [-0.4, -0.2) is 28.4 Å². The average Bonchev–Trinajstić information content (AvgIpc) is 2.87. The average molecular weight is 349 g/mol. The van der Waals surface area contributed by atoms with Gasteiger partial charge in [-0.1, -0.05) is 11.3 Å². The van der Waals surface area contributed by atoms with Gasteiger partial charge in [-0.05, 0) is 32.9 Å². The Bertz CT molecular complexity index is 815. The molecular formula is C15H15N3O5S. The number of hydrogen-bond acceptors (Lipinski definition) is 7. The molecule has 1 aromatic carbocycles. The van der Waals surface area contributed by atoms with Gasteiger partial charge >= 0.3 is 5.97 Å². The first kappa shape index (κ1) is 17.5. The second-order valence-corrected chi connectivity index (χ2v) is 5.87. The van der Waals surface area contributed by atoms with Gasteiger partial charge in [0.15, 0.2) is 5.13 Å². The standard InChI is InChI=1S/C15H15N3O5S/c1-4-23-14(20)12-9(3)16-15(24-12)17-13(19)10-5-6-11(18(21)22)8(2)7-10/h5-7H,4H2,1-3H3,(H,16,17,19). The summed E-state index contributed by atoms with van der Waals surface area (Å²) in [5, 5.41) is 13.6. The molecule has 1 heterocycles. The van der Waals surface area contributed by atoms with Crippen LogP contribution in [-0.2, 0) is 4.74 Å². The predicted octanol–water partition coefficient (Wildman–Crippen LogP) is 3.10. The summed E-state index contributed by atoms with van der Waals surface area (Å²) in [5.41, 5.74) is 1.06. The summed E-state index contributed by atoms with van der Waals surface area (Å²) in [6.07, 6.45) is 0. The number of carbonyl (C=O) groups excluding carboxylic acids is 2. The van der Waals surface area contributed by atoms with Crippen LogP contribution in [0.1, 0.15) is 38.2 Å². The minimum atomic E-state index is -0.507. The third-order valence-electron chi connectivity index (χ3n) is 3.13. The van der Waals surface area contributed by atoms with Gasteiger partial charge in [0, 0.05) is 17.2 Å².